The van der Waals surface area contributed by atoms with Crippen LogP contribution < -0.4 is 0 Å². The molecule has 166 valence electrons. The molecule has 3 heterocycles. The number of ether oxygens (including phenoxy) is 5. The van der Waals surface area contributed by atoms with Gasteiger partial charge in [-0.05, 0) is 20.8 Å². The summed E-state index contributed by atoms with van der Waals surface area (Å²) in [5.74, 6) is -2.34. The van der Waals surface area contributed by atoms with Crippen molar-refractivity contribution in [3.8, 4) is 0 Å². The van der Waals surface area contributed by atoms with Crippen molar-refractivity contribution < 1.29 is 38.1 Å². The lowest BCUT2D eigenvalue weighted by atomic mass is 9.77. The standard InChI is InChI=1S/C21H29NO8/c1-13-15-21(30-15)6-5-14(21)17(24)22(16(13)23)7-8-26-9-10-27-18(25)20(4)11-28-19(2,3)29-12-20/h5-6,13-15H,7-12H2,1-4H3/t13-,14?,15?,21?/m0/s1. The number of rotatable bonds is 7. The highest BCUT2D eigenvalue weighted by molar-refractivity contribution is 6.02. The minimum atomic E-state index is -0.855. The fourth-order valence-corrected chi connectivity index (χ4v) is 4.09. The molecule has 4 rings (SSSR count). The topological polar surface area (TPSA) is 104 Å². The normalized spacial score (nSPS) is 35.7. The molecular formula is C21H29NO8. The SMILES string of the molecule is C[C@@H]1C(=O)N(CCOCCOC(=O)C2(C)COC(C)(C)OC2)C(=O)C2C=CC23OC13. The number of hydrogen-bond acceptors (Lipinski definition) is 8. The highest BCUT2D eigenvalue weighted by atomic mass is 16.7. The maximum Gasteiger partial charge on any atom is 0.316 e. The van der Waals surface area contributed by atoms with Crippen LogP contribution in [0.1, 0.15) is 27.7 Å². The van der Waals surface area contributed by atoms with Crippen LogP contribution >= 0.6 is 0 Å². The van der Waals surface area contributed by atoms with Crippen LogP contribution in [0.15, 0.2) is 12.2 Å². The molecule has 3 unspecified atom stereocenters. The van der Waals surface area contributed by atoms with E-state index >= 15 is 0 Å². The highest BCUT2D eigenvalue weighted by Crippen LogP contribution is 2.56. The monoisotopic (exact) mass is 423 g/mol. The second-order valence-corrected chi connectivity index (χ2v) is 9.13. The summed E-state index contributed by atoms with van der Waals surface area (Å²) < 4.78 is 27.5. The lowest BCUT2D eigenvalue weighted by molar-refractivity contribution is -0.281. The number of esters is 1. The predicted octanol–water partition coefficient (Wildman–Crippen LogP) is 0.664. The van der Waals surface area contributed by atoms with Crippen LogP contribution in [0.5, 0.6) is 0 Å². The fourth-order valence-electron chi connectivity index (χ4n) is 4.09. The first-order chi connectivity index (χ1) is 14.1. The molecule has 3 saturated heterocycles. The molecule has 3 fully saturated rings. The Hall–Kier alpha value is -1.81. The molecule has 30 heavy (non-hydrogen) atoms. The largest absolute Gasteiger partial charge is 0.463 e. The first kappa shape index (κ1) is 21.4. The van der Waals surface area contributed by atoms with Gasteiger partial charge in [-0.25, -0.2) is 0 Å². The van der Waals surface area contributed by atoms with E-state index in [0.717, 1.165) is 0 Å². The Balaban J connectivity index is 1.18. The third-order valence-electron chi connectivity index (χ3n) is 6.29. The Morgan fingerprint density at radius 3 is 2.47 bits per heavy atom. The maximum absolute atomic E-state index is 12.7. The molecule has 0 aromatic heterocycles. The van der Waals surface area contributed by atoms with Crippen LogP contribution in [0.4, 0.5) is 0 Å². The Morgan fingerprint density at radius 2 is 1.83 bits per heavy atom. The molecular weight excluding hydrogens is 394 g/mol. The Morgan fingerprint density at radius 1 is 1.13 bits per heavy atom. The number of nitrogens with zero attached hydrogens (tertiary/aromatic N) is 1. The van der Waals surface area contributed by atoms with E-state index in [4.69, 9.17) is 23.7 Å². The van der Waals surface area contributed by atoms with Crippen molar-refractivity contribution in [2.75, 3.05) is 39.6 Å². The molecule has 9 heteroatoms. The Kier molecular flexibility index (Phi) is 5.29. The second-order valence-electron chi connectivity index (χ2n) is 9.13. The second kappa shape index (κ2) is 7.40. The van der Waals surface area contributed by atoms with E-state index in [1.807, 2.05) is 6.08 Å². The summed E-state index contributed by atoms with van der Waals surface area (Å²) in [4.78, 5) is 38.9. The summed E-state index contributed by atoms with van der Waals surface area (Å²) in [6.07, 6.45) is 3.46. The first-order valence-corrected chi connectivity index (χ1v) is 10.3. The van der Waals surface area contributed by atoms with Crippen molar-refractivity contribution >= 4 is 17.8 Å². The van der Waals surface area contributed by atoms with Gasteiger partial charge in [0.2, 0.25) is 11.8 Å². The van der Waals surface area contributed by atoms with Crippen LogP contribution in [0, 0.1) is 17.3 Å². The van der Waals surface area contributed by atoms with Gasteiger partial charge in [0.1, 0.15) is 23.7 Å². The van der Waals surface area contributed by atoms with Gasteiger partial charge in [-0.15, -0.1) is 0 Å². The van der Waals surface area contributed by atoms with Crippen molar-refractivity contribution in [2.24, 2.45) is 17.3 Å². The van der Waals surface area contributed by atoms with E-state index in [2.05, 4.69) is 0 Å². The van der Waals surface area contributed by atoms with Gasteiger partial charge in [0.05, 0.1) is 44.8 Å². The Labute approximate surface area is 175 Å². The molecule has 0 bridgehead atoms. The molecule has 1 aliphatic carbocycles. The van der Waals surface area contributed by atoms with E-state index in [0.29, 0.717) is 0 Å². The zero-order valence-corrected chi connectivity index (χ0v) is 17.8. The van der Waals surface area contributed by atoms with Gasteiger partial charge in [-0.1, -0.05) is 19.1 Å². The number of hydrogen-bond donors (Lipinski definition) is 0. The van der Waals surface area contributed by atoms with Gasteiger partial charge in [-0.2, -0.15) is 0 Å². The number of likely N-dealkylation sites (tertiary alicyclic amines) is 1. The molecule has 1 spiro atoms. The maximum atomic E-state index is 12.7. The van der Waals surface area contributed by atoms with E-state index < -0.39 is 22.8 Å². The molecule has 0 aromatic carbocycles. The number of carbonyl (C=O) groups excluding carboxylic acids is 3. The zero-order valence-electron chi connectivity index (χ0n) is 17.8. The highest BCUT2D eigenvalue weighted by Gasteiger charge is 2.70. The van der Waals surface area contributed by atoms with E-state index in [-0.39, 0.29) is 69.3 Å². The molecule has 0 radical (unpaired) electrons. The average molecular weight is 423 g/mol. The molecule has 0 aromatic rings. The zero-order chi connectivity index (χ0) is 21.7. The average Bonchev–Trinajstić information content (AvgIpc) is 3.46. The molecule has 2 amide bonds. The summed E-state index contributed by atoms with van der Waals surface area (Å²) in [5.41, 5.74) is -1.42. The van der Waals surface area contributed by atoms with E-state index in [9.17, 15) is 14.4 Å². The van der Waals surface area contributed by atoms with Crippen LogP contribution in [-0.2, 0) is 38.1 Å². The van der Waals surface area contributed by atoms with Crippen molar-refractivity contribution in [1.29, 1.82) is 0 Å². The van der Waals surface area contributed by atoms with E-state index in [1.165, 1.54) is 4.90 Å². The minimum absolute atomic E-state index is 0.0699. The predicted molar refractivity (Wildman–Crippen MR) is 102 cm³/mol. The van der Waals surface area contributed by atoms with Crippen LogP contribution in [0.3, 0.4) is 0 Å². The van der Waals surface area contributed by atoms with Crippen molar-refractivity contribution in [2.45, 2.75) is 45.2 Å². The minimum Gasteiger partial charge on any atom is -0.463 e. The summed E-state index contributed by atoms with van der Waals surface area (Å²) in [5, 5.41) is 0. The van der Waals surface area contributed by atoms with Gasteiger partial charge in [0, 0.05) is 0 Å². The number of carbonyl (C=O) groups is 3. The summed E-state index contributed by atoms with van der Waals surface area (Å²) >= 11 is 0. The van der Waals surface area contributed by atoms with Gasteiger partial charge in [0.25, 0.3) is 0 Å². The Bertz CT molecular complexity index is 767. The summed E-state index contributed by atoms with van der Waals surface area (Å²) in [6, 6.07) is 0. The van der Waals surface area contributed by atoms with Crippen molar-refractivity contribution in [3.63, 3.8) is 0 Å². The number of epoxide rings is 1. The van der Waals surface area contributed by atoms with Crippen molar-refractivity contribution in [1.82, 2.24) is 4.90 Å². The molecule has 4 aliphatic rings. The summed E-state index contributed by atoms with van der Waals surface area (Å²) in [6.45, 7) is 8.13. The quantitative estimate of drug-likeness (QED) is 0.193. The number of amides is 2. The lowest BCUT2D eigenvalue weighted by Crippen LogP contribution is -2.49. The van der Waals surface area contributed by atoms with Gasteiger partial charge in [-0.3, -0.25) is 19.3 Å². The van der Waals surface area contributed by atoms with Gasteiger partial charge >= 0.3 is 5.97 Å². The number of imide groups is 1. The van der Waals surface area contributed by atoms with Crippen molar-refractivity contribution in [3.05, 3.63) is 12.2 Å². The van der Waals surface area contributed by atoms with Crippen LogP contribution in [0.25, 0.3) is 0 Å². The molecule has 9 nitrogen and oxygen atoms in total. The van der Waals surface area contributed by atoms with E-state index in [1.54, 1.807) is 33.8 Å². The molecule has 0 N–H and O–H groups in total. The molecule has 4 atom stereocenters. The van der Waals surface area contributed by atoms with Gasteiger partial charge in [0.15, 0.2) is 5.79 Å². The molecule has 3 aliphatic heterocycles. The van der Waals surface area contributed by atoms with Crippen LogP contribution in [0.2, 0.25) is 0 Å². The van der Waals surface area contributed by atoms with Gasteiger partial charge < -0.3 is 23.7 Å². The summed E-state index contributed by atoms with van der Waals surface area (Å²) in [7, 11) is 0. The lowest BCUT2D eigenvalue weighted by Gasteiger charge is -2.39. The fraction of sp³-hybridized carbons (Fsp3) is 0.762. The third-order valence-corrected chi connectivity index (χ3v) is 6.29. The van der Waals surface area contributed by atoms with Crippen LogP contribution in [-0.4, -0.2) is 79.8 Å². The third kappa shape index (κ3) is 3.57. The smallest absolute Gasteiger partial charge is 0.316 e. The first-order valence-electron chi connectivity index (χ1n) is 10.3. The molecule has 0 saturated carbocycles.